The number of nitrogens with one attached hydrogen (secondary N) is 1. The highest BCUT2D eigenvalue weighted by Gasteiger charge is 2.41. The number of piperazine rings is 1. The Balaban J connectivity index is 1.34. The van der Waals surface area contributed by atoms with Gasteiger partial charge < -0.3 is 15.0 Å². The summed E-state index contributed by atoms with van der Waals surface area (Å²) in [5, 5.41) is 6.07. The minimum Gasteiger partial charge on any atom is -0.497 e. The van der Waals surface area contributed by atoms with Gasteiger partial charge in [0.1, 0.15) is 5.75 Å². The Kier molecular flexibility index (Phi) is 7.09. The number of rotatable bonds is 7. The number of methoxy groups -OCH3 is 1. The van der Waals surface area contributed by atoms with Gasteiger partial charge in [-0.3, -0.25) is 9.69 Å². The summed E-state index contributed by atoms with van der Waals surface area (Å²) in [7, 11) is 1.70. The van der Waals surface area contributed by atoms with Crippen LogP contribution in [0, 0.1) is 5.92 Å². The van der Waals surface area contributed by atoms with Crippen LogP contribution in [0.25, 0.3) is 0 Å². The standard InChI is InChI=1S/C27H30ClN3O2S/c1-33-22-9-6-20-15-24(27(32)29-11-10-23-3-2-14-34-23)26-18-30(12-13-31(26)25(20)16-22)17-19-4-7-21(28)8-5-19/h2-9,14,16,24,26H,10-13,15,17-18H2,1H3,(H,29,32)/t24-,26+/m1/s1. The van der Waals surface area contributed by atoms with Crippen LogP contribution in [0.1, 0.15) is 16.0 Å². The van der Waals surface area contributed by atoms with Crippen LogP contribution in [0.2, 0.25) is 5.02 Å². The number of halogens is 1. The Bertz CT molecular complexity index is 1120. The van der Waals surface area contributed by atoms with Crippen LogP contribution in [0.15, 0.2) is 60.0 Å². The van der Waals surface area contributed by atoms with Crippen molar-refractivity contribution in [2.24, 2.45) is 5.92 Å². The molecule has 7 heteroatoms. The van der Waals surface area contributed by atoms with E-state index in [4.69, 9.17) is 16.3 Å². The molecule has 178 valence electrons. The number of hydrogen-bond donors (Lipinski definition) is 1. The summed E-state index contributed by atoms with van der Waals surface area (Å²) in [5.41, 5.74) is 3.67. The van der Waals surface area contributed by atoms with Gasteiger partial charge in [0.25, 0.3) is 0 Å². The summed E-state index contributed by atoms with van der Waals surface area (Å²) in [6.07, 6.45) is 1.63. The van der Waals surface area contributed by atoms with E-state index < -0.39 is 0 Å². The first-order valence-electron chi connectivity index (χ1n) is 11.8. The first-order valence-corrected chi connectivity index (χ1v) is 13.1. The molecule has 34 heavy (non-hydrogen) atoms. The molecule has 1 saturated heterocycles. The molecule has 0 spiro atoms. The fourth-order valence-electron chi connectivity index (χ4n) is 5.15. The first-order chi connectivity index (χ1) is 16.6. The third-order valence-corrected chi connectivity index (χ3v) is 8.10. The molecule has 5 nitrogen and oxygen atoms in total. The molecule has 3 aromatic rings. The molecule has 0 saturated carbocycles. The van der Waals surface area contributed by atoms with Gasteiger partial charge in [0, 0.05) is 54.4 Å². The molecule has 1 aromatic heterocycles. The van der Waals surface area contributed by atoms with E-state index >= 15 is 0 Å². The second-order valence-electron chi connectivity index (χ2n) is 9.05. The Morgan fingerprint density at radius 1 is 1.18 bits per heavy atom. The molecule has 3 heterocycles. The number of carbonyl (C=O) groups is 1. The van der Waals surface area contributed by atoms with Crippen LogP contribution in [0.4, 0.5) is 5.69 Å². The molecule has 1 N–H and O–H groups in total. The molecule has 0 unspecified atom stereocenters. The lowest BCUT2D eigenvalue weighted by atomic mass is 9.83. The van der Waals surface area contributed by atoms with Crippen LogP contribution in [-0.2, 0) is 24.2 Å². The van der Waals surface area contributed by atoms with E-state index in [1.165, 1.54) is 21.7 Å². The monoisotopic (exact) mass is 495 g/mol. The number of ether oxygens (including phenoxy) is 1. The summed E-state index contributed by atoms with van der Waals surface area (Å²) in [6.45, 7) is 4.22. The second kappa shape index (κ2) is 10.4. The minimum absolute atomic E-state index is 0.0859. The third kappa shape index (κ3) is 5.09. The highest BCUT2D eigenvalue weighted by atomic mass is 35.5. The first kappa shape index (κ1) is 23.2. The number of thiophene rings is 1. The Hall–Kier alpha value is -2.54. The van der Waals surface area contributed by atoms with Crippen LogP contribution in [-0.4, -0.2) is 50.1 Å². The summed E-state index contributed by atoms with van der Waals surface area (Å²) in [5.74, 6) is 0.929. The van der Waals surface area contributed by atoms with Gasteiger partial charge in [0.15, 0.2) is 0 Å². The molecule has 2 aliphatic rings. The third-order valence-electron chi connectivity index (χ3n) is 6.92. The smallest absolute Gasteiger partial charge is 0.225 e. The average Bonchev–Trinajstić information content (AvgIpc) is 3.38. The van der Waals surface area contributed by atoms with Crippen molar-refractivity contribution in [3.8, 4) is 5.75 Å². The molecule has 0 radical (unpaired) electrons. The van der Waals surface area contributed by atoms with Gasteiger partial charge >= 0.3 is 0 Å². The average molecular weight is 496 g/mol. The van der Waals surface area contributed by atoms with Crippen molar-refractivity contribution in [3.05, 3.63) is 81.0 Å². The largest absolute Gasteiger partial charge is 0.497 e. The normalized spacial score (nSPS) is 19.9. The predicted molar refractivity (Wildman–Crippen MR) is 139 cm³/mol. The highest BCUT2D eigenvalue weighted by Crippen LogP contribution is 2.38. The van der Waals surface area contributed by atoms with Crippen molar-refractivity contribution in [2.75, 3.05) is 38.2 Å². The molecule has 5 rings (SSSR count). The van der Waals surface area contributed by atoms with Gasteiger partial charge in [-0.05, 0) is 53.6 Å². The molecule has 2 aromatic carbocycles. The maximum absolute atomic E-state index is 13.4. The fraction of sp³-hybridized carbons (Fsp3) is 0.370. The van der Waals surface area contributed by atoms with E-state index in [1.54, 1.807) is 18.4 Å². The van der Waals surface area contributed by atoms with E-state index in [0.29, 0.717) is 6.54 Å². The van der Waals surface area contributed by atoms with Gasteiger partial charge in [-0.1, -0.05) is 35.9 Å². The van der Waals surface area contributed by atoms with E-state index in [1.807, 2.05) is 18.2 Å². The lowest BCUT2D eigenvalue weighted by molar-refractivity contribution is -0.126. The van der Waals surface area contributed by atoms with E-state index in [0.717, 1.165) is 49.8 Å². The second-order valence-corrected chi connectivity index (χ2v) is 10.5. The molecule has 2 atom stereocenters. The quantitative estimate of drug-likeness (QED) is 0.519. The molecular formula is C27H30ClN3O2S. The van der Waals surface area contributed by atoms with E-state index in [9.17, 15) is 4.79 Å². The number of amides is 1. The summed E-state index contributed by atoms with van der Waals surface area (Å²) < 4.78 is 5.51. The van der Waals surface area contributed by atoms with Gasteiger partial charge in [-0.15, -0.1) is 11.3 Å². The summed E-state index contributed by atoms with van der Waals surface area (Å²) >= 11 is 7.81. The van der Waals surface area contributed by atoms with Gasteiger partial charge in [-0.25, -0.2) is 0 Å². The molecule has 0 aliphatic carbocycles. The lowest BCUT2D eigenvalue weighted by Crippen LogP contribution is -2.61. The van der Waals surface area contributed by atoms with Crippen molar-refractivity contribution in [3.63, 3.8) is 0 Å². The van der Waals surface area contributed by atoms with Gasteiger partial charge in [-0.2, -0.15) is 0 Å². The molecule has 2 aliphatic heterocycles. The fourth-order valence-corrected chi connectivity index (χ4v) is 5.99. The Morgan fingerprint density at radius 2 is 2.03 bits per heavy atom. The van der Waals surface area contributed by atoms with Crippen molar-refractivity contribution in [1.82, 2.24) is 10.2 Å². The van der Waals surface area contributed by atoms with Crippen molar-refractivity contribution in [1.29, 1.82) is 0 Å². The van der Waals surface area contributed by atoms with Gasteiger partial charge in [0.2, 0.25) is 5.91 Å². The predicted octanol–water partition coefficient (Wildman–Crippen LogP) is 4.63. The number of anilines is 1. The van der Waals surface area contributed by atoms with Crippen LogP contribution >= 0.6 is 22.9 Å². The number of nitrogens with zero attached hydrogens (tertiary/aromatic N) is 2. The van der Waals surface area contributed by atoms with Gasteiger partial charge in [0.05, 0.1) is 19.1 Å². The zero-order valence-corrected chi connectivity index (χ0v) is 20.9. The SMILES string of the molecule is COc1ccc2c(c1)N1CCN(Cc3ccc(Cl)cc3)C[C@H]1[C@H](C(=O)NCCc1cccs1)C2. The van der Waals surface area contributed by atoms with E-state index in [-0.39, 0.29) is 17.9 Å². The number of hydrogen-bond acceptors (Lipinski definition) is 5. The highest BCUT2D eigenvalue weighted by molar-refractivity contribution is 7.09. The lowest BCUT2D eigenvalue weighted by Gasteiger charge is -2.49. The number of carbonyl (C=O) groups excluding carboxylic acids is 1. The van der Waals surface area contributed by atoms with Crippen LogP contribution < -0.4 is 15.0 Å². The number of fused-ring (bicyclic) bond motifs is 3. The Labute approximate surface area is 210 Å². The molecular weight excluding hydrogens is 466 g/mol. The summed E-state index contributed by atoms with van der Waals surface area (Å²) in [4.78, 5) is 19.6. The zero-order chi connectivity index (χ0) is 23.5. The van der Waals surface area contributed by atoms with E-state index in [2.05, 4.69) is 56.9 Å². The maximum Gasteiger partial charge on any atom is 0.225 e. The summed E-state index contributed by atoms with van der Waals surface area (Å²) in [6, 6.07) is 18.6. The topological polar surface area (TPSA) is 44.8 Å². The minimum atomic E-state index is -0.0859. The van der Waals surface area contributed by atoms with Crippen molar-refractivity contribution >= 4 is 34.5 Å². The Morgan fingerprint density at radius 3 is 2.79 bits per heavy atom. The maximum atomic E-state index is 13.4. The van der Waals surface area contributed by atoms with Crippen molar-refractivity contribution in [2.45, 2.75) is 25.4 Å². The van der Waals surface area contributed by atoms with Crippen LogP contribution in [0.5, 0.6) is 5.75 Å². The molecule has 1 amide bonds. The number of benzene rings is 2. The van der Waals surface area contributed by atoms with Crippen molar-refractivity contribution < 1.29 is 9.53 Å². The molecule has 1 fully saturated rings. The van der Waals surface area contributed by atoms with Crippen LogP contribution in [0.3, 0.4) is 0 Å². The molecule has 0 bridgehead atoms. The zero-order valence-electron chi connectivity index (χ0n) is 19.4.